The molecule has 70 valence electrons. The number of benzene rings is 1. The first-order valence-corrected chi connectivity index (χ1v) is 4.83. The third kappa shape index (κ3) is 1.48. The van der Waals surface area contributed by atoms with Crippen LogP contribution in [0.3, 0.4) is 0 Å². The lowest BCUT2D eigenvalue weighted by atomic mass is 9.93. The molecule has 1 heterocycles. The maximum Gasteiger partial charge on any atom is 0.143 e. The van der Waals surface area contributed by atoms with Gasteiger partial charge in [0.1, 0.15) is 11.6 Å². The molecule has 0 unspecified atom stereocenters. The highest BCUT2D eigenvalue weighted by molar-refractivity contribution is 9.10. The largest absolute Gasteiger partial charge is 0.315 e. The SMILES string of the molecule is Fc1ccc(C2CNC2)c(F)c1Br. The van der Waals surface area contributed by atoms with Crippen LogP contribution in [-0.2, 0) is 0 Å². The van der Waals surface area contributed by atoms with Gasteiger partial charge in [0.15, 0.2) is 0 Å². The predicted octanol–water partition coefficient (Wildman–Crippen LogP) is 2.41. The van der Waals surface area contributed by atoms with Gasteiger partial charge >= 0.3 is 0 Å². The Hall–Kier alpha value is -0.480. The van der Waals surface area contributed by atoms with Crippen molar-refractivity contribution in [3.63, 3.8) is 0 Å². The number of halogens is 3. The summed E-state index contributed by atoms with van der Waals surface area (Å²) in [6.07, 6.45) is 0. The van der Waals surface area contributed by atoms with Crippen LogP contribution in [0.1, 0.15) is 11.5 Å². The lowest BCUT2D eigenvalue weighted by molar-refractivity contribution is 0.427. The second-order valence-electron chi connectivity index (χ2n) is 3.12. The summed E-state index contributed by atoms with van der Waals surface area (Å²) in [5.74, 6) is -0.822. The van der Waals surface area contributed by atoms with Gasteiger partial charge in [0.05, 0.1) is 4.47 Å². The van der Waals surface area contributed by atoms with E-state index in [-0.39, 0.29) is 10.4 Å². The third-order valence-corrected chi connectivity index (χ3v) is 3.01. The lowest BCUT2D eigenvalue weighted by Gasteiger charge is -2.28. The molecule has 0 aliphatic carbocycles. The molecule has 2 rings (SSSR count). The normalized spacial score (nSPS) is 17.2. The highest BCUT2D eigenvalue weighted by atomic mass is 79.9. The average molecular weight is 248 g/mol. The fourth-order valence-electron chi connectivity index (χ4n) is 1.36. The van der Waals surface area contributed by atoms with Crippen molar-refractivity contribution < 1.29 is 8.78 Å². The Kier molecular flexibility index (Phi) is 2.34. The molecule has 1 fully saturated rings. The molecule has 0 radical (unpaired) electrons. The van der Waals surface area contributed by atoms with Crippen LogP contribution in [0.15, 0.2) is 16.6 Å². The highest BCUT2D eigenvalue weighted by Crippen LogP contribution is 2.29. The summed E-state index contributed by atoms with van der Waals surface area (Å²) < 4.78 is 26.2. The molecule has 1 aliphatic rings. The first-order valence-electron chi connectivity index (χ1n) is 4.04. The summed E-state index contributed by atoms with van der Waals surface area (Å²) >= 11 is 2.88. The standard InChI is InChI=1S/C9H8BrF2N/c10-8-7(11)2-1-6(9(8)12)5-3-13-4-5/h1-2,5,13H,3-4H2. The Balaban J connectivity index is 2.41. The van der Waals surface area contributed by atoms with Gasteiger partial charge in [-0.25, -0.2) is 8.78 Å². The van der Waals surface area contributed by atoms with Gasteiger partial charge in [-0.1, -0.05) is 6.07 Å². The van der Waals surface area contributed by atoms with Crippen LogP contribution in [0.2, 0.25) is 0 Å². The summed E-state index contributed by atoms with van der Waals surface area (Å²) in [5.41, 5.74) is 0.590. The molecule has 4 heteroatoms. The van der Waals surface area contributed by atoms with E-state index < -0.39 is 11.6 Å². The molecular formula is C9H8BrF2N. The third-order valence-electron chi connectivity index (χ3n) is 2.29. The summed E-state index contributed by atoms with van der Waals surface area (Å²) in [6, 6.07) is 2.81. The van der Waals surface area contributed by atoms with Gasteiger partial charge in [0, 0.05) is 19.0 Å². The van der Waals surface area contributed by atoms with Crippen molar-refractivity contribution in [1.29, 1.82) is 0 Å². The van der Waals surface area contributed by atoms with Crippen molar-refractivity contribution in [3.05, 3.63) is 33.8 Å². The number of hydrogen-bond acceptors (Lipinski definition) is 1. The van der Waals surface area contributed by atoms with Crippen LogP contribution < -0.4 is 5.32 Å². The lowest BCUT2D eigenvalue weighted by Crippen LogP contribution is -2.40. The minimum absolute atomic E-state index is 0.0584. The fraction of sp³-hybridized carbons (Fsp3) is 0.333. The van der Waals surface area contributed by atoms with E-state index in [4.69, 9.17) is 0 Å². The van der Waals surface area contributed by atoms with E-state index in [9.17, 15) is 8.78 Å². The summed E-state index contributed by atoms with van der Waals surface area (Å²) in [5, 5.41) is 3.05. The number of rotatable bonds is 1. The van der Waals surface area contributed by atoms with Crippen LogP contribution in [0.25, 0.3) is 0 Å². The predicted molar refractivity (Wildman–Crippen MR) is 49.7 cm³/mol. The second-order valence-corrected chi connectivity index (χ2v) is 3.91. The number of nitrogens with one attached hydrogen (secondary N) is 1. The Morgan fingerprint density at radius 3 is 2.54 bits per heavy atom. The molecule has 1 nitrogen and oxygen atoms in total. The molecule has 1 aromatic carbocycles. The Bertz CT molecular complexity index is 337. The van der Waals surface area contributed by atoms with E-state index in [1.165, 1.54) is 12.1 Å². The van der Waals surface area contributed by atoms with Gasteiger partial charge in [-0.15, -0.1) is 0 Å². The molecule has 1 aliphatic heterocycles. The van der Waals surface area contributed by atoms with Gasteiger partial charge in [-0.05, 0) is 27.6 Å². The van der Waals surface area contributed by atoms with Gasteiger partial charge < -0.3 is 5.32 Å². The molecular weight excluding hydrogens is 240 g/mol. The second kappa shape index (κ2) is 3.35. The minimum atomic E-state index is -0.548. The van der Waals surface area contributed by atoms with Crippen molar-refractivity contribution in [3.8, 4) is 0 Å². The van der Waals surface area contributed by atoms with Gasteiger partial charge in [0.2, 0.25) is 0 Å². The molecule has 1 aromatic rings. The van der Waals surface area contributed by atoms with Gasteiger partial charge in [0.25, 0.3) is 0 Å². The van der Waals surface area contributed by atoms with E-state index in [0.29, 0.717) is 5.56 Å². The molecule has 0 bridgehead atoms. The van der Waals surface area contributed by atoms with E-state index in [0.717, 1.165) is 13.1 Å². The molecule has 0 atom stereocenters. The summed E-state index contributed by atoms with van der Waals surface area (Å²) in [7, 11) is 0. The maximum absolute atomic E-state index is 13.4. The first-order chi connectivity index (χ1) is 6.20. The zero-order valence-electron chi connectivity index (χ0n) is 6.78. The molecule has 0 amide bonds. The van der Waals surface area contributed by atoms with Gasteiger partial charge in [-0.3, -0.25) is 0 Å². The van der Waals surface area contributed by atoms with Crippen LogP contribution in [0, 0.1) is 11.6 Å². The minimum Gasteiger partial charge on any atom is -0.315 e. The molecule has 1 saturated heterocycles. The highest BCUT2D eigenvalue weighted by Gasteiger charge is 2.24. The Morgan fingerprint density at radius 2 is 2.00 bits per heavy atom. The van der Waals surface area contributed by atoms with Gasteiger partial charge in [-0.2, -0.15) is 0 Å². The van der Waals surface area contributed by atoms with Crippen LogP contribution in [-0.4, -0.2) is 13.1 Å². The van der Waals surface area contributed by atoms with Crippen molar-refractivity contribution in [2.75, 3.05) is 13.1 Å². The van der Waals surface area contributed by atoms with Crippen molar-refractivity contribution in [2.24, 2.45) is 0 Å². The molecule has 0 spiro atoms. The zero-order valence-corrected chi connectivity index (χ0v) is 8.37. The smallest absolute Gasteiger partial charge is 0.143 e. The molecule has 0 saturated carbocycles. The average Bonchev–Trinajstić information content (AvgIpc) is 2.03. The fourth-order valence-corrected chi connectivity index (χ4v) is 1.73. The quantitative estimate of drug-likeness (QED) is 0.752. The molecule has 0 aromatic heterocycles. The first kappa shape index (κ1) is 9.09. The van der Waals surface area contributed by atoms with Crippen LogP contribution in [0.4, 0.5) is 8.78 Å². The maximum atomic E-state index is 13.4. The summed E-state index contributed by atoms with van der Waals surface area (Å²) in [6.45, 7) is 1.55. The van der Waals surface area contributed by atoms with E-state index in [1.807, 2.05) is 0 Å². The molecule has 1 N–H and O–H groups in total. The zero-order chi connectivity index (χ0) is 9.42. The van der Waals surface area contributed by atoms with Crippen LogP contribution >= 0.6 is 15.9 Å². The van der Waals surface area contributed by atoms with Crippen molar-refractivity contribution >= 4 is 15.9 Å². The van der Waals surface area contributed by atoms with Crippen molar-refractivity contribution in [2.45, 2.75) is 5.92 Å². The topological polar surface area (TPSA) is 12.0 Å². The van der Waals surface area contributed by atoms with E-state index in [2.05, 4.69) is 21.2 Å². The molecule has 13 heavy (non-hydrogen) atoms. The van der Waals surface area contributed by atoms with Crippen molar-refractivity contribution in [1.82, 2.24) is 5.32 Å². The summed E-state index contributed by atoms with van der Waals surface area (Å²) in [4.78, 5) is 0. The Labute approximate surface area is 83.3 Å². The Morgan fingerprint density at radius 1 is 1.31 bits per heavy atom. The monoisotopic (exact) mass is 247 g/mol. The van der Waals surface area contributed by atoms with E-state index >= 15 is 0 Å². The van der Waals surface area contributed by atoms with Crippen LogP contribution in [0.5, 0.6) is 0 Å². The van der Waals surface area contributed by atoms with E-state index in [1.54, 1.807) is 0 Å². The number of hydrogen-bond donors (Lipinski definition) is 1.